The van der Waals surface area contributed by atoms with Gasteiger partial charge in [0.05, 0.1) is 6.04 Å². The van der Waals surface area contributed by atoms with E-state index in [2.05, 4.69) is 15.5 Å². The number of aryl methyl sites for hydroxylation is 1. The van der Waals surface area contributed by atoms with Gasteiger partial charge in [0.25, 0.3) is 0 Å². The van der Waals surface area contributed by atoms with Crippen molar-refractivity contribution in [1.82, 2.24) is 15.5 Å². The Labute approximate surface area is 173 Å². The Hall–Kier alpha value is -3.18. The fourth-order valence-electron chi connectivity index (χ4n) is 3.26. The third kappa shape index (κ3) is 4.46. The summed E-state index contributed by atoms with van der Waals surface area (Å²) in [4.78, 5) is 16.8. The third-order valence-electron chi connectivity index (χ3n) is 4.81. The summed E-state index contributed by atoms with van der Waals surface area (Å²) in [6.07, 6.45) is 0.659. The number of nitrogens with zero attached hydrogens (tertiary/aromatic N) is 2. The molecule has 0 aliphatic heterocycles. The molecular weight excluding hydrogens is 386 g/mol. The molecule has 146 valence electrons. The van der Waals surface area contributed by atoms with Crippen LogP contribution in [0.15, 0.2) is 71.3 Å². The number of amides is 1. The molecule has 4 rings (SSSR count). The molecule has 1 N–H and O–H groups in total. The van der Waals surface area contributed by atoms with Crippen molar-refractivity contribution in [1.29, 1.82) is 0 Å². The lowest BCUT2D eigenvalue weighted by Crippen LogP contribution is -2.26. The largest absolute Gasteiger partial charge is 0.350 e. The predicted molar refractivity (Wildman–Crippen MR) is 114 cm³/mol. The van der Waals surface area contributed by atoms with E-state index in [1.54, 1.807) is 0 Å². The fourth-order valence-corrected chi connectivity index (χ4v) is 3.38. The van der Waals surface area contributed by atoms with Crippen molar-refractivity contribution < 1.29 is 9.32 Å². The Balaban J connectivity index is 1.39. The molecule has 0 fully saturated rings. The van der Waals surface area contributed by atoms with Crippen molar-refractivity contribution in [2.24, 2.45) is 0 Å². The van der Waals surface area contributed by atoms with Gasteiger partial charge in [-0.05, 0) is 35.4 Å². The summed E-state index contributed by atoms with van der Waals surface area (Å²) >= 11 is 5.91. The average Bonchev–Trinajstić information content (AvgIpc) is 3.21. The molecule has 6 heteroatoms. The molecule has 1 heterocycles. The van der Waals surface area contributed by atoms with Crippen molar-refractivity contribution in [2.45, 2.75) is 25.8 Å². The molecule has 4 aromatic rings. The Morgan fingerprint density at radius 3 is 2.66 bits per heavy atom. The van der Waals surface area contributed by atoms with Crippen LogP contribution in [0.3, 0.4) is 0 Å². The minimum atomic E-state index is -0.103. The summed E-state index contributed by atoms with van der Waals surface area (Å²) in [6.45, 7) is 1.94. The maximum absolute atomic E-state index is 12.3. The average molecular weight is 406 g/mol. The number of fused-ring (bicyclic) bond motifs is 1. The predicted octanol–water partition coefficient (Wildman–Crippen LogP) is 5.35. The number of rotatable bonds is 6. The van der Waals surface area contributed by atoms with E-state index in [1.165, 1.54) is 0 Å². The first-order valence-corrected chi connectivity index (χ1v) is 9.83. The van der Waals surface area contributed by atoms with Gasteiger partial charge in [-0.3, -0.25) is 4.79 Å². The van der Waals surface area contributed by atoms with Gasteiger partial charge in [-0.2, -0.15) is 4.98 Å². The van der Waals surface area contributed by atoms with Gasteiger partial charge in [-0.1, -0.05) is 71.4 Å². The standard InChI is InChI=1S/C23H20ClN3O2/c1-15(16-9-11-18(24)12-10-16)25-21(28)13-14-22-26-23(27-29-22)20-8-4-6-17-5-2-3-7-19(17)20/h2-12,15H,13-14H2,1H3,(H,25,28)/t15-/m1/s1. The van der Waals surface area contributed by atoms with E-state index in [4.69, 9.17) is 16.1 Å². The third-order valence-corrected chi connectivity index (χ3v) is 5.06. The van der Waals surface area contributed by atoms with Gasteiger partial charge in [0.1, 0.15) is 0 Å². The highest BCUT2D eigenvalue weighted by Gasteiger charge is 2.14. The zero-order valence-corrected chi connectivity index (χ0v) is 16.7. The first-order valence-electron chi connectivity index (χ1n) is 9.46. The van der Waals surface area contributed by atoms with Crippen LogP contribution < -0.4 is 5.32 Å². The van der Waals surface area contributed by atoms with E-state index < -0.39 is 0 Å². The second-order valence-electron chi connectivity index (χ2n) is 6.88. The number of hydrogen-bond acceptors (Lipinski definition) is 4. The molecule has 0 saturated carbocycles. The SMILES string of the molecule is C[C@@H](NC(=O)CCc1nc(-c2cccc3ccccc23)no1)c1ccc(Cl)cc1. The molecule has 0 saturated heterocycles. The molecule has 0 bridgehead atoms. The lowest BCUT2D eigenvalue weighted by Gasteiger charge is -2.14. The van der Waals surface area contributed by atoms with E-state index in [1.807, 2.05) is 73.7 Å². The lowest BCUT2D eigenvalue weighted by atomic mass is 10.0. The van der Waals surface area contributed by atoms with Crippen molar-refractivity contribution in [3.63, 3.8) is 0 Å². The number of nitrogens with one attached hydrogen (secondary N) is 1. The second-order valence-corrected chi connectivity index (χ2v) is 7.32. The van der Waals surface area contributed by atoms with Gasteiger partial charge in [0.2, 0.25) is 17.6 Å². The summed E-state index contributed by atoms with van der Waals surface area (Å²) in [5.41, 5.74) is 1.91. The van der Waals surface area contributed by atoms with Gasteiger partial charge in [0.15, 0.2) is 0 Å². The number of benzene rings is 3. The fraction of sp³-hybridized carbons (Fsp3) is 0.174. The maximum atomic E-state index is 12.3. The number of hydrogen-bond donors (Lipinski definition) is 1. The smallest absolute Gasteiger partial charge is 0.227 e. The Morgan fingerprint density at radius 1 is 1.07 bits per heavy atom. The van der Waals surface area contributed by atoms with Gasteiger partial charge in [-0.25, -0.2) is 0 Å². The molecule has 1 atom stereocenters. The normalized spacial score (nSPS) is 12.1. The van der Waals surface area contributed by atoms with Gasteiger partial charge in [0, 0.05) is 23.4 Å². The molecule has 5 nitrogen and oxygen atoms in total. The molecule has 1 aromatic heterocycles. The summed E-state index contributed by atoms with van der Waals surface area (Å²) in [5.74, 6) is 0.909. The Morgan fingerprint density at radius 2 is 1.83 bits per heavy atom. The number of halogens is 1. The Kier molecular flexibility index (Phi) is 5.58. The van der Waals surface area contributed by atoms with Crippen molar-refractivity contribution in [3.8, 4) is 11.4 Å². The monoisotopic (exact) mass is 405 g/mol. The van der Waals surface area contributed by atoms with E-state index in [9.17, 15) is 4.79 Å². The highest BCUT2D eigenvalue weighted by Crippen LogP contribution is 2.26. The minimum absolute atomic E-state index is 0.0719. The zero-order chi connectivity index (χ0) is 20.2. The molecule has 0 spiro atoms. The van der Waals surface area contributed by atoms with Crippen LogP contribution in [0.4, 0.5) is 0 Å². The van der Waals surface area contributed by atoms with Crippen molar-refractivity contribution in [3.05, 3.63) is 83.2 Å². The summed E-state index contributed by atoms with van der Waals surface area (Å²) < 4.78 is 5.37. The quantitative estimate of drug-likeness (QED) is 0.469. The van der Waals surface area contributed by atoms with Gasteiger partial charge >= 0.3 is 0 Å². The highest BCUT2D eigenvalue weighted by atomic mass is 35.5. The van der Waals surface area contributed by atoms with E-state index >= 15 is 0 Å². The van der Waals surface area contributed by atoms with Crippen LogP contribution in [0.25, 0.3) is 22.2 Å². The summed E-state index contributed by atoms with van der Waals surface area (Å²) in [6, 6.07) is 21.4. The molecule has 0 aliphatic carbocycles. The van der Waals surface area contributed by atoms with Crippen LogP contribution in [-0.2, 0) is 11.2 Å². The molecule has 0 radical (unpaired) electrons. The number of carbonyl (C=O) groups is 1. The van der Waals surface area contributed by atoms with E-state index in [-0.39, 0.29) is 18.4 Å². The summed E-state index contributed by atoms with van der Waals surface area (Å²) in [7, 11) is 0. The van der Waals surface area contributed by atoms with Crippen LogP contribution in [0, 0.1) is 0 Å². The second kappa shape index (κ2) is 8.45. The van der Waals surface area contributed by atoms with E-state index in [0.29, 0.717) is 23.2 Å². The topological polar surface area (TPSA) is 68.0 Å². The molecule has 3 aromatic carbocycles. The molecular formula is C23H20ClN3O2. The number of carbonyl (C=O) groups excluding carboxylic acids is 1. The van der Waals surface area contributed by atoms with Crippen LogP contribution in [0.2, 0.25) is 5.02 Å². The van der Waals surface area contributed by atoms with Gasteiger partial charge in [-0.15, -0.1) is 0 Å². The van der Waals surface area contributed by atoms with Crippen molar-refractivity contribution >= 4 is 28.3 Å². The zero-order valence-electron chi connectivity index (χ0n) is 15.9. The molecule has 0 aliphatic rings. The van der Waals surface area contributed by atoms with Crippen LogP contribution in [0.1, 0.15) is 30.8 Å². The minimum Gasteiger partial charge on any atom is -0.350 e. The molecule has 0 unspecified atom stereocenters. The number of aromatic nitrogens is 2. The van der Waals surface area contributed by atoms with Crippen LogP contribution in [0.5, 0.6) is 0 Å². The Bertz CT molecular complexity index is 1130. The first kappa shape index (κ1) is 19.2. The first-order chi connectivity index (χ1) is 14.1. The van der Waals surface area contributed by atoms with Gasteiger partial charge < -0.3 is 9.84 Å². The highest BCUT2D eigenvalue weighted by molar-refractivity contribution is 6.30. The summed E-state index contributed by atoms with van der Waals surface area (Å²) in [5, 5.41) is 9.93. The van der Waals surface area contributed by atoms with E-state index in [0.717, 1.165) is 21.9 Å². The maximum Gasteiger partial charge on any atom is 0.227 e. The molecule has 29 heavy (non-hydrogen) atoms. The van der Waals surface area contributed by atoms with Crippen LogP contribution in [-0.4, -0.2) is 16.0 Å². The van der Waals surface area contributed by atoms with Crippen molar-refractivity contribution in [2.75, 3.05) is 0 Å². The lowest BCUT2D eigenvalue weighted by molar-refractivity contribution is -0.121. The van der Waals surface area contributed by atoms with Crippen LogP contribution >= 0.6 is 11.6 Å². The molecule has 1 amide bonds.